The number of benzene rings is 2. The van der Waals surface area contributed by atoms with Crippen molar-refractivity contribution in [2.24, 2.45) is 0 Å². The van der Waals surface area contributed by atoms with Crippen LogP contribution in [0.5, 0.6) is 0 Å². The summed E-state index contributed by atoms with van der Waals surface area (Å²) >= 11 is 7.70. The van der Waals surface area contributed by atoms with Crippen molar-refractivity contribution in [3.05, 3.63) is 96.8 Å². The zero-order chi connectivity index (χ0) is 23.3. The van der Waals surface area contributed by atoms with Crippen molar-refractivity contribution in [1.29, 1.82) is 0 Å². The highest BCUT2D eigenvalue weighted by atomic mass is 35.5. The van der Waals surface area contributed by atoms with E-state index in [2.05, 4.69) is 25.5 Å². The Labute approximate surface area is 204 Å². The molecule has 0 bridgehead atoms. The van der Waals surface area contributed by atoms with E-state index in [4.69, 9.17) is 11.6 Å². The zero-order valence-corrected chi connectivity index (χ0v) is 19.3. The molecule has 8 nitrogen and oxygen atoms in total. The molecule has 3 aromatic heterocycles. The number of aromatic nitrogens is 6. The van der Waals surface area contributed by atoms with Gasteiger partial charge in [-0.05, 0) is 42.5 Å². The van der Waals surface area contributed by atoms with Gasteiger partial charge in [0.05, 0.1) is 22.8 Å². The van der Waals surface area contributed by atoms with E-state index in [1.807, 2.05) is 53.1 Å². The number of hydrogen-bond acceptors (Lipinski definition) is 6. The Morgan fingerprint density at radius 2 is 1.88 bits per heavy atom. The van der Waals surface area contributed by atoms with Gasteiger partial charge in [-0.15, -0.1) is 10.2 Å². The first-order valence-corrected chi connectivity index (χ1v) is 11.7. The Bertz CT molecular complexity index is 1410. The zero-order valence-electron chi connectivity index (χ0n) is 17.7. The number of amides is 1. The molecule has 0 fully saturated rings. The predicted octanol–water partition coefficient (Wildman–Crippen LogP) is 4.90. The maximum atomic E-state index is 12.7. The first-order chi connectivity index (χ1) is 16.7. The summed E-state index contributed by atoms with van der Waals surface area (Å²) in [6.45, 7) is 0. The molecule has 0 saturated carbocycles. The van der Waals surface area contributed by atoms with Gasteiger partial charge in [0.2, 0.25) is 5.91 Å². The van der Waals surface area contributed by atoms with Crippen LogP contribution < -0.4 is 5.32 Å². The number of carbonyl (C=O) groups excluding carboxylic acids is 1. The fraction of sp³-hybridized carbons (Fsp3) is 0.0417. The Hall–Kier alpha value is -3.95. The Morgan fingerprint density at radius 1 is 1.00 bits per heavy atom. The van der Waals surface area contributed by atoms with Gasteiger partial charge in [0, 0.05) is 41.7 Å². The smallest absolute Gasteiger partial charge is 0.234 e. The summed E-state index contributed by atoms with van der Waals surface area (Å²) in [4.78, 5) is 20.9. The van der Waals surface area contributed by atoms with Crippen LogP contribution in [0.2, 0.25) is 5.02 Å². The van der Waals surface area contributed by atoms with Crippen LogP contribution in [-0.2, 0) is 4.79 Å². The predicted molar refractivity (Wildman–Crippen MR) is 133 cm³/mol. The van der Waals surface area contributed by atoms with Crippen LogP contribution in [0.15, 0.2) is 96.9 Å². The van der Waals surface area contributed by atoms with E-state index < -0.39 is 0 Å². The molecule has 0 aliphatic rings. The molecule has 0 radical (unpaired) electrons. The first-order valence-electron chi connectivity index (χ1n) is 10.3. The number of nitrogens with one attached hydrogen (secondary N) is 1. The van der Waals surface area contributed by atoms with Crippen molar-refractivity contribution in [1.82, 2.24) is 29.3 Å². The van der Waals surface area contributed by atoms with Crippen LogP contribution in [-0.4, -0.2) is 41.0 Å². The van der Waals surface area contributed by atoms with Crippen LogP contribution in [0.3, 0.4) is 0 Å². The van der Waals surface area contributed by atoms with E-state index in [9.17, 15) is 4.79 Å². The molecule has 34 heavy (non-hydrogen) atoms. The number of thioether (sulfide) groups is 1. The topological polar surface area (TPSA) is 90.5 Å². The van der Waals surface area contributed by atoms with E-state index in [0.29, 0.717) is 21.7 Å². The molecule has 0 spiro atoms. The largest absolute Gasteiger partial charge is 0.325 e. The number of rotatable bonds is 7. The third kappa shape index (κ3) is 4.70. The summed E-state index contributed by atoms with van der Waals surface area (Å²) < 4.78 is 3.73. The Balaban J connectivity index is 1.33. The van der Waals surface area contributed by atoms with Gasteiger partial charge >= 0.3 is 0 Å². The number of imidazole rings is 1. The minimum atomic E-state index is -0.179. The lowest BCUT2D eigenvalue weighted by molar-refractivity contribution is -0.113. The Morgan fingerprint density at radius 3 is 2.62 bits per heavy atom. The van der Waals surface area contributed by atoms with Gasteiger partial charge in [0.15, 0.2) is 11.0 Å². The quantitative estimate of drug-likeness (QED) is 0.328. The molecule has 2 aromatic carbocycles. The molecular formula is C24H18ClN7OS. The van der Waals surface area contributed by atoms with Crippen molar-refractivity contribution in [2.45, 2.75) is 5.16 Å². The van der Waals surface area contributed by atoms with Crippen molar-refractivity contribution >= 4 is 35.0 Å². The van der Waals surface area contributed by atoms with E-state index in [1.54, 1.807) is 47.8 Å². The summed E-state index contributed by atoms with van der Waals surface area (Å²) in [5.74, 6) is 0.630. The van der Waals surface area contributed by atoms with Crippen molar-refractivity contribution < 1.29 is 4.79 Å². The molecule has 0 unspecified atom stereocenters. The first kappa shape index (κ1) is 21.9. The fourth-order valence-corrected chi connectivity index (χ4v) is 4.41. The monoisotopic (exact) mass is 487 g/mol. The van der Waals surface area contributed by atoms with E-state index in [-0.39, 0.29) is 11.7 Å². The lowest BCUT2D eigenvalue weighted by Crippen LogP contribution is -2.14. The molecule has 3 heterocycles. The van der Waals surface area contributed by atoms with E-state index in [0.717, 1.165) is 16.9 Å². The second-order valence-electron chi connectivity index (χ2n) is 7.19. The molecule has 10 heteroatoms. The Kier molecular flexibility index (Phi) is 6.37. The lowest BCUT2D eigenvalue weighted by atomic mass is 10.2. The van der Waals surface area contributed by atoms with Gasteiger partial charge in [-0.2, -0.15) is 0 Å². The van der Waals surface area contributed by atoms with Crippen molar-refractivity contribution in [3.63, 3.8) is 0 Å². The highest BCUT2D eigenvalue weighted by Crippen LogP contribution is 2.28. The van der Waals surface area contributed by atoms with Crippen molar-refractivity contribution in [2.75, 3.05) is 11.1 Å². The van der Waals surface area contributed by atoms with Gasteiger partial charge in [0.25, 0.3) is 0 Å². The van der Waals surface area contributed by atoms with Crippen LogP contribution in [0.1, 0.15) is 0 Å². The summed E-state index contributed by atoms with van der Waals surface area (Å²) in [6.07, 6.45) is 8.59. The van der Waals surface area contributed by atoms with Crippen LogP contribution in [0.4, 0.5) is 5.69 Å². The molecule has 5 rings (SSSR count). The number of nitrogens with zero attached hydrogens (tertiary/aromatic N) is 6. The normalized spacial score (nSPS) is 10.9. The fourth-order valence-electron chi connectivity index (χ4n) is 3.38. The van der Waals surface area contributed by atoms with Crippen LogP contribution >= 0.6 is 23.4 Å². The number of para-hydroxylation sites is 1. The lowest BCUT2D eigenvalue weighted by Gasteiger charge is -2.11. The third-order valence-corrected chi connectivity index (χ3v) is 6.15. The molecule has 0 saturated heterocycles. The summed E-state index contributed by atoms with van der Waals surface area (Å²) in [5.41, 5.74) is 3.13. The van der Waals surface area contributed by atoms with Crippen molar-refractivity contribution in [3.8, 4) is 22.8 Å². The summed E-state index contributed by atoms with van der Waals surface area (Å²) in [6, 6.07) is 18.9. The van der Waals surface area contributed by atoms with Crippen LogP contribution in [0, 0.1) is 0 Å². The van der Waals surface area contributed by atoms with E-state index in [1.165, 1.54) is 11.8 Å². The SMILES string of the molecule is O=C(CSc1nnc(-c2cccnc2)n1-c1ccccc1)Nc1ccc(-n2ccnc2)c(Cl)c1. The number of pyridine rings is 1. The molecular weight excluding hydrogens is 470 g/mol. The maximum Gasteiger partial charge on any atom is 0.234 e. The van der Waals surface area contributed by atoms with Crippen LogP contribution in [0.25, 0.3) is 22.8 Å². The van der Waals surface area contributed by atoms with Gasteiger partial charge in [-0.3, -0.25) is 14.3 Å². The van der Waals surface area contributed by atoms with Gasteiger partial charge in [0.1, 0.15) is 0 Å². The number of hydrogen-bond donors (Lipinski definition) is 1. The maximum absolute atomic E-state index is 12.7. The molecule has 0 aliphatic heterocycles. The number of halogens is 1. The average molecular weight is 488 g/mol. The minimum Gasteiger partial charge on any atom is -0.325 e. The van der Waals surface area contributed by atoms with Gasteiger partial charge in [-0.1, -0.05) is 41.6 Å². The average Bonchev–Trinajstić information content (AvgIpc) is 3.54. The molecule has 1 amide bonds. The summed E-state index contributed by atoms with van der Waals surface area (Å²) in [5, 5.41) is 12.7. The summed E-state index contributed by atoms with van der Waals surface area (Å²) in [7, 11) is 0. The van der Waals surface area contributed by atoms with Gasteiger partial charge in [-0.25, -0.2) is 4.98 Å². The molecule has 1 N–H and O–H groups in total. The highest BCUT2D eigenvalue weighted by Gasteiger charge is 2.17. The number of carbonyl (C=O) groups is 1. The second-order valence-corrected chi connectivity index (χ2v) is 8.54. The molecule has 5 aromatic rings. The van der Waals surface area contributed by atoms with Gasteiger partial charge < -0.3 is 9.88 Å². The standard InChI is InChI=1S/C24H18ClN7OS/c25-20-13-18(8-9-21(20)31-12-11-27-16-31)28-22(33)15-34-24-30-29-23(17-5-4-10-26-14-17)32(24)19-6-2-1-3-7-19/h1-14,16H,15H2,(H,28,33). The number of anilines is 1. The molecule has 168 valence electrons. The molecule has 0 aliphatic carbocycles. The highest BCUT2D eigenvalue weighted by molar-refractivity contribution is 7.99. The molecule has 0 atom stereocenters. The van der Waals surface area contributed by atoms with E-state index >= 15 is 0 Å². The third-order valence-electron chi connectivity index (χ3n) is 4.91. The minimum absolute atomic E-state index is 0.152. The second kappa shape index (κ2) is 9.90.